The van der Waals surface area contributed by atoms with Crippen LogP contribution < -0.4 is 20.9 Å². The molecule has 2 aliphatic heterocycles. The summed E-state index contributed by atoms with van der Waals surface area (Å²) in [6.45, 7) is 7.21. The summed E-state index contributed by atoms with van der Waals surface area (Å²) in [5, 5.41) is 8.92. The maximum atomic E-state index is 14.8. The summed E-state index contributed by atoms with van der Waals surface area (Å²) < 4.78 is 33.5. The summed E-state index contributed by atoms with van der Waals surface area (Å²) >= 11 is 0. The van der Waals surface area contributed by atoms with Crippen molar-refractivity contribution in [3.63, 3.8) is 0 Å². The number of carbonyl (C=O) groups excluding carboxylic acids is 3. The minimum Gasteiger partial charge on any atom is -0.444 e. The third-order valence-electron chi connectivity index (χ3n) is 7.70. The van der Waals surface area contributed by atoms with E-state index in [2.05, 4.69) is 20.9 Å². The van der Waals surface area contributed by atoms with Gasteiger partial charge in [0.2, 0.25) is 5.91 Å². The Bertz CT molecular complexity index is 1270. The van der Waals surface area contributed by atoms with E-state index in [1.54, 1.807) is 48.8 Å². The van der Waals surface area contributed by atoms with Gasteiger partial charge in [-0.05, 0) is 82.7 Å². The fraction of sp³-hybridized carbons (Fsp3) is 0.562. The van der Waals surface area contributed by atoms with E-state index in [9.17, 15) is 23.2 Å². The Hall–Kier alpha value is -3.80. The Balaban J connectivity index is 1.22. The molecular formula is C32H44F2N6O4. The monoisotopic (exact) mass is 614 g/mol. The van der Waals surface area contributed by atoms with Crippen LogP contribution in [0.4, 0.5) is 19.4 Å². The van der Waals surface area contributed by atoms with Gasteiger partial charge in [0.1, 0.15) is 17.2 Å². The van der Waals surface area contributed by atoms with Crippen molar-refractivity contribution in [2.45, 2.75) is 89.8 Å². The first-order valence-corrected chi connectivity index (χ1v) is 15.4. The number of alkyl carbamates (subject to hydrolysis) is 1. The van der Waals surface area contributed by atoms with Gasteiger partial charge < -0.3 is 25.2 Å². The molecule has 2 fully saturated rings. The van der Waals surface area contributed by atoms with Gasteiger partial charge in [-0.25, -0.2) is 18.6 Å². The molecule has 3 N–H and O–H groups in total. The molecule has 44 heavy (non-hydrogen) atoms. The molecule has 2 aliphatic rings. The van der Waals surface area contributed by atoms with Crippen LogP contribution in [0.5, 0.6) is 0 Å². The predicted octanol–water partition coefficient (Wildman–Crippen LogP) is 4.30. The van der Waals surface area contributed by atoms with Crippen molar-refractivity contribution in [1.29, 1.82) is 0 Å². The highest BCUT2D eigenvalue weighted by atomic mass is 19.1. The number of rotatable bonds is 12. The first-order chi connectivity index (χ1) is 21.0. The Morgan fingerprint density at radius 2 is 1.89 bits per heavy atom. The molecule has 1 aromatic heterocycles. The molecule has 240 valence electrons. The van der Waals surface area contributed by atoms with Gasteiger partial charge in [0, 0.05) is 51.3 Å². The van der Waals surface area contributed by atoms with Gasteiger partial charge in [0.15, 0.2) is 6.30 Å². The van der Waals surface area contributed by atoms with Crippen molar-refractivity contribution >= 4 is 23.7 Å². The van der Waals surface area contributed by atoms with Crippen molar-refractivity contribution in [1.82, 2.24) is 25.8 Å². The van der Waals surface area contributed by atoms with E-state index < -0.39 is 18.0 Å². The molecule has 2 unspecified atom stereocenters. The van der Waals surface area contributed by atoms with Gasteiger partial charge in [-0.1, -0.05) is 12.1 Å². The van der Waals surface area contributed by atoms with E-state index in [-0.39, 0.29) is 29.8 Å². The average Bonchev–Trinajstić information content (AvgIpc) is 3.59. The van der Waals surface area contributed by atoms with Gasteiger partial charge >= 0.3 is 6.09 Å². The SMILES string of the molecule is CC(C)(C)OC(=O)NCCCC(=O)N1CCC[C@@H]1CNC(=O)c1ccc(N2C(F)CCC2NCCc2cccc(F)c2)nc1. The van der Waals surface area contributed by atoms with Crippen molar-refractivity contribution in [2.24, 2.45) is 0 Å². The lowest BCUT2D eigenvalue weighted by Crippen LogP contribution is -2.45. The van der Waals surface area contributed by atoms with Crippen molar-refractivity contribution in [3.8, 4) is 0 Å². The number of carbonyl (C=O) groups is 3. The molecule has 3 atom stereocenters. The third kappa shape index (κ3) is 9.60. The highest BCUT2D eigenvalue weighted by Gasteiger charge is 2.34. The lowest BCUT2D eigenvalue weighted by molar-refractivity contribution is -0.132. The molecule has 0 aliphatic carbocycles. The largest absolute Gasteiger partial charge is 0.444 e. The highest BCUT2D eigenvalue weighted by Crippen LogP contribution is 2.29. The molecule has 0 spiro atoms. The zero-order valence-electron chi connectivity index (χ0n) is 25.8. The fourth-order valence-electron chi connectivity index (χ4n) is 5.60. The molecular weight excluding hydrogens is 570 g/mol. The van der Waals surface area contributed by atoms with Crippen LogP contribution in [-0.4, -0.2) is 78.1 Å². The van der Waals surface area contributed by atoms with Gasteiger partial charge in [-0.2, -0.15) is 0 Å². The second kappa shape index (κ2) is 15.3. The van der Waals surface area contributed by atoms with Crippen molar-refractivity contribution < 1.29 is 27.9 Å². The number of benzene rings is 1. The first kappa shape index (κ1) is 33.1. The van der Waals surface area contributed by atoms with Crippen LogP contribution in [0.3, 0.4) is 0 Å². The second-order valence-electron chi connectivity index (χ2n) is 12.3. The van der Waals surface area contributed by atoms with Crippen LogP contribution in [-0.2, 0) is 16.0 Å². The molecule has 0 saturated carbocycles. The summed E-state index contributed by atoms with van der Waals surface area (Å²) in [7, 11) is 0. The predicted molar refractivity (Wildman–Crippen MR) is 163 cm³/mol. The molecule has 2 aromatic rings. The highest BCUT2D eigenvalue weighted by molar-refractivity contribution is 5.94. The van der Waals surface area contributed by atoms with E-state index >= 15 is 0 Å². The molecule has 10 nitrogen and oxygen atoms in total. The van der Waals surface area contributed by atoms with Gasteiger partial charge in [0.25, 0.3) is 5.91 Å². The quantitative estimate of drug-likeness (QED) is 0.241. The number of anilines is 1. The standard InChI is InChI=1S/C32H44F2N6O4/c1-32(2,3)44-31(43)36-16-5-10-29(41)39-18-6-9-25(39)21-38-30(42)23-11-13-28(37-20-23)40-26(34)12-14-27(40)35-17-15-22-7-4-8-24(33)19-22/h4,7-8,11,13,19-20,25-27,35H,5-6,9-10,12,14-18,21H2,1-3H3,(H,36,43)(H,38,42)/t25-,26?,27?/m1/s1. The van der Waals surface area contributed by atoms with E-state index in [1.165, 1.54) is 18.3 Å². The topological polar surface area (TPSA) is 116 Å². The van der Waals surface area contributed by atoms with Gasteiger partial charge in [0.05, 0.1) is 11.7 Å². The third-order valence-corrected chi connectivity index (χ3v) is 7.70. The number of halogens is 2. The first-order valence-electron chi connectivity index (χ1n) is 15.4. The molecule has 0 radical (unpaired) electrons. The minimum atomic E-state index is -1.20. The van der Waals surface area contributed by atoms with Crippen molar-refractivity contribution in [3.05, 3.63) is 59.5 Å². The number of nitrogens with zero attached hydrogens (tertiary/aromatic N) is 3. The van der Waals surface area contributed by atoms with E-state index in [1.807, 2.05) is 6.07 Å². The van der Waals surface area contributed by atoms with Gasteiger partial charge in [-0.15, -0.1) is 0 Å². The van der Waals surface area contributed by atoms with Crippen LogP contribution in [0.25, 0.3) is 0 Å². The number of ether oxygens (including phenoxy) is 1. The summed E-state index contributed by atoms with van der Waals surface area (Å²) in [6, 6.07) is 9.60. The number of alkyl halides is 1. The van der Waals surface area contributed by atoms with Crippen LogP contribution in [0, 0.1) is 5.82 Å². The Morgan fingerprint density at radius 1 is 1.07 bits per heavy atom. The molecule has 2 saturated heterocycles. The summed E-state index contributed by atoms with van der Waals surface area (Å²) in [6.07, 6.45) is 3.48. The molecule has 1 aromatic carbocycles. The Labute approximate surface area is 257 Å². The van der Waals surface area contributed by atoms with Crippen LogP contribution >= 0.6 is 0 Å². The number of amides is 3. The fourth-order valence-corrected chi connectivity index (χ4v) is 5.60. The van der Waals surface area contributed by atoms with Crippen LogP contribution in [0.15, 0.2) is 42.6 Å². The maximum Gasteiger partial charge on any atom is 0.407 e. The minimum absolute atomic E-state index is 0.00996. The van der Waals surface area contributed by atoms with Crippen LogP contribution in [0.2, 0.25) is 0 Å². The maximum absolute atomic E-state index is 14.8. The molecule has 0 bridgehead atoms. The van der Waals surface area contributed by atoms with Crippen molar-refractivity contribution in [2.75, 3.05) is 31.1 Å². The average molecular weight is 615 g/mol. The second-order valence-corrected chi connectivity index (χ2v) is 12.3. The lowest BCUT2D eigenvalue weighted by Gasteiger charge is -2.28. The molecule has 3 heterocycles. The zero-order valence-corrected chi connectivity index (χ0v) is 25.8. The van der Waals surface area contributed by atoms with Crippen LogP contribution in [0.1, 0.15) is 75.2 Å². The lowest BCUT2D eigenvalue weighted by atomic mass is 10.1. The number of likely N-dealkylation sites (tertiary alicyclic amines) is 1. The van der Waals surface area contributed by atoms with E-state index in [4.69, 9.17) is 4.74 Å². The van der Waals surface area contributed by atoms with E-state index in [0.717, 1.165) is 18.4 Å². The summed E-state index contributed by atoms with van der Waals surface area (Å²) in [5.74, 6) is -0.168. The van der Waals surface area contributed by atoms with E-state index in [0.29, 0.717) is 69.7 Å². The Kier molecular flexibility index (Phi) is 11.5. The smallest absolute Gasteiger partial charge is 0.407 e. The molecule has 3 amide bonds. The molecule has 12 heteroatoms. The summed E-state index contributed by atoms with van der Waals surface area (Å²) in [5.41, 5.74) is 0.637. The number of nitrogens with one attached hydrogen (secondary N) is 3. The number of hydrogen-bond donors (Lipinski definition) is 3. The molecule has 4 rings (SSSR count). The Morgan fingerprint density at radius 3 is 2.61 bits per heavy atom. The van der Waals surface area contributed by atoms with Gasteiger partial charge in [-0.3, -0.25) is 14.9 Å². The summed E-state index contributed by atoms with van der Waals surface area (Å²) in [4.78, 5) is 45.2. The number of aromatic nitrogens is 1. The zero-order chi connectivity index (χ0) is 31.7. The normalized spacial score (nSPS) is 20.1. The number of hydrogen-bond acceptors (Lipinski definition) is 7. The number of pyridine rings is 1.